The number of carbonyl (C=O) groups excluding carboxylic acids is 1. The number of hydrogen-bond donors (Lipinski definition) is 1. The second-order valence-electron chi connectivity index (χ2n) is 6.16. The van der Waals surface area contributed by atoms with Crippen molar-refractivity contribution in [1.82, 2.24) is 25.0 Å². The molecule has 0 fully saturated rings. The van der Waals surface area contributed by atoms with E-state index in [1.165, 1.54) is 0 Å². The Morgan fingerprint density at radius 3 is 2.46 bits per heavy atom. The highest BCUT2D eigenvalue weighted by Gasteiger charge is 2.16. The summed E-state index contributed by atoms with van der Waals surface area (Å²) in [7, 11) is 3.96. The van der Waals surface area contributed by atoms with Crippen molar-refractivity contribution >= 4 is 17.5 Å². The first-order valence-corrected chi connectivity index (χ1v) is 8.57. The number of nitrogens with one attached hydrogen (secondary N) is 1. The largest absolute Gasteiger partial charge is 0.350 e. The quantitative estimate of drug-likeness (QED) is 0.725. The van der Waals surface area contributed by atoms with Crippen molar-refractivity contribution in [2.24, 2.45) is 0 Å². The first-order valence-electron chi connectivity index (χ1n) is 8.20. The van der Waals surface area contributed by atoms with Crippen molar-refractivity contribution in [2.75, 3.05) is 20.6 Å². The Balaban J connectivity index is 1.67. The molecule has 7 heteroatoms. The fourth-order valence-corrected chi connectivity index (χ4v) is 2.92. The van der Waals surface area contributed by atoms with Crippen LogP contribution in [-0.4, -0.2) is 46.2 Å². The minimum atomic E-state index is -0.116. The highest BCUT2D eigenvalue weighted by atomic mass is 35.5. The standard InChI is InChI=1S/C19H20ClN5O/c1-24(2)18(15-4-3-5-16(20)10-15)11-21-19(26)14-6-8-17(9-7-14)25-12-22-23-13-25/h3-10,12-13,18H,11H2,1-2H3,(H,21,26)/t18-/m0/s1. The molecule has 3 rings (SSSR count). The predicted octanol–water partition coefficient (Wildman–Crippen LogP) is 2.95. The van der Waals surface area contributed by atoms with Crippen LogP contribution in [0.2, 0.25) is 5.02 Å². The van der Waals surface area contributed by atoms with Gasteiger partial charge in [-0.3, -0.25) is 9.36 Å². The number of likely N-dealkylation sites (N-methyl/N-ethyl adjacent to an activating group) is 1. The normalized spacial score (nSPS) is 12.2. The molecule has 2 aromatic carbocycles. The smallest absolute Gasteiger partial charge is 0.251 e. The van der Waals surface area contributed by atoms with Crippen LogP contribution in [0.25, 0.3) is 5.69 Å². The van der Waals surface area contributed by atoms with E-state index in [9.17, 15) is 4.79 Å². The minimum Gasteiger partial charge on any atom is -0.350 e. The van der Waals surface area contributed by atoms with Gasteiger partial charge in [0, 0.05) is 22.8 Å². The van der Waals surface area contributed by atoms with Crippen LogP contribution >= 0.6 is 11.6 Å². The molecule has 1 amide bonds. The van der Waals surface area contributed by atoms with Crippen molar-refractivity contribution in [3.63, 3.8) is 0 Å². The first-order chi connectivity index (χ1) is 12.5. The molecule has 0 aliphatic carbocycles. The number of halogens is 1. The third-order valence-corrected chi connectivity index (χ3v) is 4.39. The third kappa shape index (κ3) is 4.28. The van der Waals surface area contributed by atoms with Crippen LogP contribution in [-0.2, 0) is 0 Å². The van der Waals surface area contributed by atoms with Gasteiger partial charge in [-0.25, -0.2) is 0 Å². The van der Waals surface area contributed by atoms with Gasteiger partial charge in [-0.1, -0.05) is 23.7 Å². The lowest BCUT2D eigenvalue weighted by Crippen LogP contribution is -2.34. The number of amides is 1. The summed E-state index contributed by atoms with van der Waals surface area (Å²) in [5.41, 5.74) is 2.56. The van der Waals surface area contributed by atoms with Gasteiger partial charge in [0.05, 0.1) is 6.04 Å². The molecule has 1 aromatic heterocycles. The summed E-state index contributed by atoms with van der Waals surface area (Å²) in [5, 5.41) is 11.2. The van der Waals surface area contributed by atoms with Crippen molar-refractivity contribution in [3.05, 3.63) is 77.3 Å². The summed E-state index contributed by atoms with van der Waals surface area (Å²) in [5.74, 6) is -0.116. The van der Waals surface area contributed by atoms with Crippen molar-refractivity contribution in [2.45, 2.75) is 6.04 Å². The molecule has 0 saturated heterocycles. The Morgan fingerprint density at radius 2 is 1.85 bits per heavy atom. The Hall–Kier alpha value is -2.70. The zero-order chi connectivity index (χ0) is 18.5. The van der Waals surface area contributed by atoms with Crippen LogP contribution in [0.1, 0.15) is 22.0 Å². The van der Waals surface area contributed by atoms with Gasteiger partial charge in [-0.05, 0) is 56.1 Å². The van der Waals surface area contributed by atoms with E-state index in [0.717, 1.165) is 11.3 Å². The predicted molar refractivity (Wildman–Crippen MR) is 102 cm³/mol. The third-order valence-electron chi connectivity index (χ3n) is 4.16. The Kier molecular flexibility index (Phi) is 5.65. The first kappa shape index (κ1) is 18.1. The summed E-state index contributed by atoms with van der Waals surface area (Å²) < 4.78 is 1.78. The van der Waals surface area contributed by atoms with Crippen LogP contribution < -0.4 is 5.32 Å². The Labute approximate surface area is 157 Å². The summed E-state index contributed by atoms with van der Waals surface area (Å²) in [6, 6.07) is 15.0. The van der Waals surface area contributed by atoms with E-state index in [1.807, 2.05) is 50.5 Å². The van der Waals surface area contributed by atoms with Gasteiger partial charge in [-0.15, -0.1) is 10.2 Å². The Morgan fingerprint density at radius 1 is 1.15 bits per heavy atom. The maximum absolute atomic E-state index is 12.5. The molecule has 0 aliphatic rings. The number of nitrogens with zero attached hydrogens (tertiary/aromatic N) is 4. The van der Waals surface area contributed by atoms with Crippen LogP contribution in [0.3, 0.4) is 0 Å². The monoisotopic (exact) mass is 369 g/mol. The van der Waals surface area contributed by atoms with E-state index in [0.29, 0.717) is 17.1 Å². The van der Waals surface area contributed by atoms with Gasteiger partial charge in [0.1, 0.15) is 12.7 Å². The lowest BCUT2D eigenvalue weighted by molar-refractivity contribution is 0.0942. The molecule has 1 N–H and O–H groups in total. The van der Waals surface area contributed by atoms with Crippen molar-refractivity contribution < 1.29 is 4.79 Å². The summed E-state index contributed by atoms with van der Waals surface area (Å²) in [6.07, 6.45) is 3.23. The molecule has 26 heavy (non-hydrogen) atoms. The molecule has 6 nitrogen and oxygen atoms in total. The zero-order valence-corrected chi connectivity index (χ0v) is 15.4. The molecule has 1 atom stereocenters. The summed E-state index contributed by atoms with van der Waals surface area (Å²) in [6.45, 7) is 0.485. The lowest BCUT2D eigenvalue weighted by atomic mass is 10.1. The van der Waals surface area contributed by atoms with E-state index in [2.05, 4.69) is 20.4 Å². The average Bonchev–Trinajstić information content (AvgIpc) is 3.16. The molecular weight excluding hydrogens is 350 g/mol. The summed E-state index contributed by atoms with van der Waals surface area (Å²) >= 11 is 6.09. The van der Waals surface area contributed by atoms with Crippen molar-refractivity contribution in [1.29, 1.82) is 0 Å². The second-order valence-corrected chi connectivity index (χ2v) is 6.60. The summed E-state index contributed by atoms with van der Waals surface area (Å²) in [4.78, 5) is 14.5. The molecule has 0 radical (unpaired) electrons. The van der Waals surface area contributed by atoms with Crippen LogP contribution in [0.4, 0.5) is 0 Å². The molecule has 3 aromatic rings. The van der Waals surface area contributed by atoms with E-state index in [1.54, 1.807) is 29.4 Å². The van der Waals surface area contributed by atoms with E-state index >= 15 is 0 Å². The number of benzene rings is 2. The zero-order valence-electron chi connectivity index (χ0n) is 14.6. The topological polar surface area (TPSA) is 63.1 Å². The minimum absolute atomic E-state index is 0.0361. The van der Waals surface area contributed by atoms with Gasteiger partial charge >= 0.3 is 0 Å². The van der Waals surface area contributed by atoms with Crippen molar-refractivity contribution in [3.8, 4) is 5.69 Å². The van der Waals surface area contributed by atoms with E-state index in [4.69, 9.17) is 11.6 Å². The van der Waals surface area contributed by atoms with Gasteiger partial charge in [0.15, 0.2) is 0 Å². The average molecular weight is 370 g/mol. The van der Waals surface area contributed by atoms with Gasteiger partial charge < -0.3 is 10.2 Å². The number of aromatic nitrogens is 3. The highest BCUT2D eigenvalue weighted by molar-refractivity contribution is 6.30. The van der Waals surface area contributed by atoms with E-state index < -0.39 is 0 Å². The lowest BCUT2D eigenvalue weighted by Gasteiger charge is -2.25. The molecule has 0 saturated carbocycles. The number of hydrogen-bond acceptors (Lipinski definition) is 4. The number of rotatable bonds is 6. The highest BCUT2D eigenvalue weighted by Crippen LogP contribution is 2.21. The number of carbonyl (C=O) groups is 1. The molecule has 0 spiro atoms. The molecule has 134 valence electrons. The van der Waals surface area contributed by atoms with Crippen LogP contribution in [0.5, 0.6) is 0 Å². The molecule has 0 unspecified atom stereocenters. The SMILES string of the molecule is CN(C)[C@@H](CNC(=O)c1ccc(-n2cnnc2)cc1)c1cccc(Cl)c1. The van der Waals surface area contributed by atoms with Gasteiger partial charge in [-0.2, -0.15) is 0 Å². The fourth-order valence-electron chi connectivity index (χ4n) is 2.72. The van der Waals surface area contributed by atoms with Gasteiger partial charge in [0.2, 0.25) is 0 Å². The second kappa shape index (κ2) is 8.12. The maximum atomic E-state index is 12.5. The molecule has 1 heterocycles. The molecular formula is C19H20ClN5O. The molecule has 0 bridgehead atoms. The van der Waals surface area contributed by atoms with Gasteiger partial charge in [0.25, 0.3) is 5.91 Å². The van der Waals surface area contributed by atoms with Crippen LogP contribution in [0, 0.1) is 0 Å². The maximum Gasteiger partial charge on any atom is 0.251 e. The van der Waals surface area contributed by atoms with E-state index in [-0.39, 0.29) is 11.9 Å². The Bertz CT molecular complexity index is 862. The molecule has 0 aliphatic heterocycles. The van der Waals surface area contributed by atoms with Crippen LogP contribution in [0.15, 0.2) is 61.2 Å². The fraction of sp³-hybridized carbons (Fsp3) is 0.211.